The van der Waals surface area contributed by atoms with Crippen LogP contribution in [-0.4, -0.2) is 14.4 Å². The highest BCUT2D eigenvalue weighted by Crippen LogP contribution is 2.45. The third-order valence-corrected chi connectivity index (χ3v) is 16.0. The summed E-state index contributed by atoms with van der Waals surface area (Å²) >= 11 is 6.86. The van der Waals surface area contributed by atoms with E-state index in [4.69, 9.17) is 21.8 Å². The SMILES string of the molecule is S=P(c1ccccc1)(c1ccccc1)c1ccc2c(c1)c1c3ccccc3ccc1c1nc3ccc(-c4ccc5cc(-c6ccccc6)cnc5c4)cc3n21. The summed E-state index contributed by atoms with van der Waals surface area (Å²) in [6.45, 7) is 0. The first-order valence-electron chi connectivity index (χ1n) is 18.5. The zero-order chi connectivity index (χ0) is 36.5. The first kappa shape index (κ1) is 32.0. The average molecular weight is 738 g/mol. The van der Waals surface area contributed by atoms with Crippen molar-refractivity contribution in [2.45, 2.75) is 0 Å². The van der Waals surface area contributed by atoms with E-state index in [0.29, 0.717) is 0 Å². The largest absolute Gasteiger partial charge is 0.292 e. The molecular weight excluding hydrogens is 706 g/mol. The number of benzene rings is 8. The maximum absolute atomic E-state index is 6.86. The molecule has 0 aliphatic carbocycles. The number of hydrogen-bond donors (Lipinski definition) is 0. The van der Waals surface area contributed by atoms with E-state index in [1.165, 1.54) is 43.0 Å². The zero-order valence-electron chi connectivity index (χ0n) is 29.7. The molecule has 0 amide bonds. The van der Waals surface area contributed by atoms with Gasteiger partial charge in [0.1, 0.15) is 5.65 Å². The summed E-state index contributed by atoms with van der Waals surface area (Å²) in [5, 5.41) is 10.6. The van der Waals surface area contributed by atoms with Crippen molar-refractivity contribution in [3.8, 4) is 22.3 Å². The van der Waals surface area contributed by atoms with E-state index in [2.05, 4.69) is 186 Å². The highest BCUT2D eigenvalue weighted by atomic mass is 32.4. The van der Waals surface area contributed by atoms with Gasteiger partial charge in [0.15, 0.2) is 0 Å². The van der Waals surface area contributed by atoms with Gasteiger partial charge in [0.2, 0.25) is 0 Å². The van der Waals surface area contributed by atoms with E-state index in [9.17, 15) is 0 Å². The molecular formula is C50H32N3PS. The van der Waals surface area contributed by atoms with Gasteiger partial charge < -0.3 is 0 Å². The Bertz CT molecular complexity index is 3300. The molecule has 3 aromatic heterocycles. The second-order valence-corrected chi connectivity index (χ2v) is 18.6. The van der Waals surface area contributed by atoms with E-state index in [1.807, 2.05) is 12.3 Å². The minimum atomic E-state index is -2.40. The molecule has 0 radical (unpaired) electrons. The number of aromatic nitrogens is 3. The molecule has 11 rings (SSSR count). The quantitative estimate of drug-likeness (QED) is 0.130. The van der Waals surface area contributed by atoms with Crippen LogP contribution in [-0.2, 0) is 11.8 Å². The van der Waals surface area contributed by atoms with Gasteiger partial charge in [0.05, 0.1) is 22.1 Å². The predicted molar refractivity (Wildman–Crippen MR) is 237 cm³/mol. The van der Waals surface area contributed by atoms with E-state index in [1.54, 1.807) is 0 Å². The fraction of sp³-hybridized carbons (Fsp3) is 0. The van der Waals surface area contributed by atoms with Crippen LogP contribution >= 0.6 is 6.04 Å². The van der Waals surface area contributed by atoms with Gasteiger partial charge in [0, 0.05) is 39.3 Å². The molecule has 0 aliphatic heterocycles. The summed E-state index contributed by atoms with van der Waals surface area (Å²) in [7, 11) is 0. The smallest absolute Gasteiger partial charge is 0.146 e. The van der Waals surface area contributed by atoms with Crippen molar-refractivity contribution in [3.63, 3.8) is 0 Å². The molecule has 3 heterocycles. The van der Waals surface area contributed by atoms with Gasteiger partial charge in [-0.2, -0.15) is 0 Å². The van der Waals surface area contributed by atoms with Gasteiger partial charge in [-0.05, 0) is 85.8 Å². The van der Waals surface area contributed by atoms with Crippen molar-refractivity contribution in [1.29, 1.82) is 0 Å². The minimum absolute atomic E-state index is 0.951. The van der Waals surface area contributed by atoms with E-state index in [0.717, 1.165) is 55.2 Å². The van der Waals surface area contributed by atoms with Crippen molar-refractivity contribution in [3.05, 3.63) is 194 Å². The molecule has 3 nitrogen and oxygen atoms in total. The van der Waals surface area contributed by atoms with Gasteiger partial charge in [-0.1, -0.05) is 157 Å². The number of pyridine rings is 2. The van der Waals surface area contributed by atoms with Gasteiger partial charge in [-0.15, -0.1) is 0 Å². The topological polar surface area (TPSA) is 30.2 Å². The fourth-order valence-corrected chi connectivity index (χ4v) is 12.1. The van der Waals surface area contributed by atoms with Crippen LogP contribution in [0.1, 0.15) is 0 Å². The summed E-state index contributed by atoms with van der Waals surface area (Å²) in [5.41, 5.74) is 9.58. The lowest BCUT2D eigenvalue weighted by Crippen LogP contribution is -2.24. The van der Waals surface area contributed by atoms with Gasteiger partial charge >= 0.3 is 0 Å². The first-order chi connectivity index (χ1) is 27.1. The molecule has 11 aromatic rings. The summed E-state index contributed by atoms with van der Waals surface area (Å²) in [4.78, 5) is 10.2. The lowest BCUT2D eigenvalue weighted by molar-refractivity contribution is 1.32. The Labute approximate surface area is 323 Å². The lowest BCUT2D eigenvalue weighted by Gasteiger charge is -2.25. The normalized spacial score (nSPS) is 12.1. The second kappa shape index (κ2) is 12.6. The van der Waals surface area contributed by atoms with Gasteiger partial charge in [0.25, 0.3) is 0 Å². The Morgan fingerprint density at radius 1 is 0.418 bits per heavy atom. The van der Waals surface area contributed by atoms with Crippen molar-refractivity contribution >= 4 is 93.8 Å². The number of rotatable bonds is 5. The van der Waals surface area contributed by atoms with E-state index in [-0.39, 0.29) is 0 Å². The summed E-state index contributed by atoms with van der Waals surface area (Å²) in [5.74, 6) is 0. The molecule has 258 valence electrons. The van der Waals surface area contributed by atoms with E-state index < -0.39 is 6.04 Å². The predicted octanol–water partition coefficient (Wildman–Crippen LogP) is 11.6. The molecule has 0 fully saturated rings. The molecule has 0 atom stereocenters. The third-order valence-electron chi connectivity index (χ3n) is 11.0. The highest BCUT2D eigenvalue weighted by molar-refractivity contribution is 8.25. The van der Waals surface area contributed by atoms with Crippen LogP contribution < -0.4 is 15.9 Å². The molecule has 0 saturated heterocycles. The number of hydrogen-bond acceptors (Lipinski definition) is 3. The Balaban J connectivity index is 1.16. The van der Waals surface area contributed by atoms with Gasteiger partial charge in [-0.3, -0.25) is 9.38 Å². The maximum atomic E-state index is 6.86. The summed E-state index contributed by atoms with van der Waals surface area (Å²) in [6, 6.07) is 64.9. The monoisotopic (exact) mass is 737 g/mol. The molecule has 0 unspecified atom stereocenters. The van der Waals surface area contributed by atoms with Crippen LogP contribution in [0.25, 0.3) is 82.3 Å². The minimum Gasteiger partial charge on any atom is -0.292 e. The highest BCUT2D eigenvalue weighted by Gasteiger charge is 2.26. The van der Waals surface area contributed by atoms with Crippen LogP contribution in [0.5, 0.6) is 0 Å². The molecule has 0 bridgehead atoms. The van der Waals surface area contributed by atoms with Crippen molar-refractivity contribution in [1.82, 2.24) is 14.4 Å². The van der Waals surface area contributed by atoms with Gasteiger partial charge in [-0.25, -0.2) is 4.98 Å². The van der Waals surface area contributed by atoms with Crippen molar-refractivity contribution < 1.29 is 0 Å². The van der Waals surface area contributed by atoms with Crippen LogP contribution in [0.2, 0.25) is 0 Å². The maximum Gasteiger partial charge on any atom is 0.146 e. The second-order valence-electron chi connectivity index (χ2n) is 14.2. The molecule has 0 spiro atoms. The summed E-state index contributed by atoms with van der Waals surface area (Å²) in [6.07, 6.45) is 1.97. The van der Waals surface area contributed by atoms with E-state index >= 15 is 0 Å². The Morgan fingerprint density at radius 2 is 1.09 bits per heavy atom. The van der Waals surface area contributed by atoms with Crippen LogP contribution in [0.4, 0.5) is 0 Å². The standard InChI is InChI=1S/C50H32N3PS/c55-54(39-15-6-2-7-16-39,40-17-8-3-9-18-40)41-24-27-47-44(31-41)49-42-19-11-10-14-34(42)22-25-43(49)50-52-45-26-23-36(30-48(45)53(47)50)35-20-21-37-28-38(32-51-46(37)29-35)33-12-4-1-5-13-33/h1-32H. The average Bonchev–Trinajstić information content (AvgIpc) is 3.65. The number of imidazole rings is 1. The fourth-order valence-electron chi connectivity index (χ4n) is 8.36. The number of fused-ring (bicyclic) bond motifs is 11. The Morgan fingerprint density at radius 3 is 1.87 bits per heavy atom. The van der Waals surface area contributed by atoms with Crippen LogP contribution in [0.3, 0.4) is 0 Å². The molecule has 0 N–H and O–H groups in total. The Hall–Kier alpha value is -6.45. The molecule has 0 aliphatic rings. The first-order valence-corrected chi connectivity index (χ1v) is 21.3. The van der Waals surface area contributed by atoms with Crippen LogP contribution in [0.15, 0.2) is 194 Å². The van der Waals surface area contributed by atoms with Crippen LogP contribution in [0, 0.1) is 0 Å². The Kier molecular flexibility index (Phi) is 7.32. The van der Waals surface area contributed by atoms with Crippen molar-refractivity contribution in [2.75, 3.05) is 0 Å². The molecule has 5 heteroatoms. The lowest BCUT2D eigenvalue weighted by atomic mass is 9.99. The zero-order valence-corrected chi connectivity index (χ0v) is 31.4. The molecule has 8 aromatic carbocycles. The molecule has 55 heavy (non-hydrogen) atoms. The third kappa shape index (κ3) is 5.07. The molecule has 0 saturated carbocycles. The van der Waals surface area contributed by atoms with Crippen molar-refractivity contribution in [2.24, 2.45) is 0 Å². The summed E-state index contributed by atoms with van der Waals surface area (Å²) < 4.78 is 2.36. The number of nitrogens with zero attached hydrogens (tertiary/aromatic N) is 3.